The third-order valence-electron chi connectivity index (χ3n) is 3.74. The fraction of sp³-hybridized carbons (Fsp3) is 0.571. The molecule has 20 heavy (non-hydrogen) atoms. The molecule has 0 aromatic rings. The third kappa shape index (κ3) is 2.80. The summed E-state index contributed by atoms with van der Waals surface area (Å²) in [6.45, 7) is 1.11. The molecule has 0 radical (unpaired) electrons. The second-order valence-corrected chi connectivity index (χ2v) is 4.97. The van der Waals surface area contributed by atoms with Crippen molar-refractivity contribution in [2.45, 2.75) is 37.8 Å². The van der Waals surface area contributed by atoms with Gasteiger partial charge in [0, 0.05) is 25.2 Å². The number of likely N-dealkylation sites (tertiary alicyclic amines) is 2. The van der Waals surface area contributed by atoms with E-state index in [0.29, 0.717) is 25.9 Å². The van der Waals surface area contributed by atoms with Gasteiger partial charge in [0.2, 0.25) is 11.8 Å². The van der Waals surface area contributed by atoms with E-state index in [1.807, 2.05) is 0 Å². The molecule has 2 fully saturated rings. The lowest BCUT2D eigenvalue weighted by atomic mass is 10.2. The van der Waals surface area contributed by atoms with Gasteiger partial charge < -0.3 is 9.80 Å². The number of hydrogen-bond donors (Lipinski definition) is 0. The first kappa shape index (κ1) is 14.1. The normalized spacial score (nSPS) is 25.7. The molecule has 0 aromatic carbocycles. The smallest absolute Gasteiger partial charge is 0.247 e. The molecule has 0 saturated carbocycles. The Morgan fingerprint density at radius 1 is 0.900 bits per heavy atom. The minimum atomic E-state index is -0.388. The molecule has 104 valence electrons. The largest absolute Gasteiger partial charge is 0.323 e. The maximum Gasteiger partial charge on any atom is 0.247 e. The lowest BCUT2D eigenvalue weighted by Crippen LogP contribution is -2.35. The highest BCUT2D eigenvalue weighted by Crippen LogP contribution is 2.18. The molecular weight excluding hydrogens is 256 g/mol. The van der Waals surface area contributed by atoms with E-state index < -0.39 is 0 Å². The van der Waals surface area contributed by atoms with E-state index >= 15 is 0 Å². The van der Waals surface area contributed by atoms with Crippen LogP contribution in [0.2, 0.25) is 0 Å². The summed E-state index contributed by atoms with van der Waals surface area (Å²) < 4.78 is 0. The maximum atomic E-state index is 11.9. The number of carbonyl (C=O) groups excluding carboxylic acids is 2. The summed E-state index contributed by atoms with van der Waals surface area (Å²) in [6.07, 6.45) is 5.43. The van der Waals surface area contributed by atoms with E-state index in [4.69, 9.17) is 10.5 Å². The van der Waals surface area contributed by atoms with Crippen LogP contribution in [0.1, 0.15) is 25.7 Å². The van der Waals surface area contributed by atoms with E-state index in [9.17, 15) is 9.59 Å². The summed E-state index contributed by atoms with van der Waals surface area (Å²) in [5.41, 5.74) is 0. The van der Waals surface area contributed by atoms with Crippen LogP contribution in [0.5, 0.6) is 0 Å². The highest BCUT2D eigenvalue weighted by Gasteiger charge is 2.29. The molecule has 0 N–H and O–H groups in total. The van der Waals surface area contributed by atoms with E-state index in [0.717, 1.165) is 12.8 Å². The van der Waals surface area contributed by atoms with Crippen LogP contribution in [-0.4, -0.2) is 46.8 Å². The van der Waals surface area contributed by atoms with Crippen molar-refractivity contribution < 1.29 is 9.59 Å². The van der Waals surface area contributed by atoms with E-state index in [1.165, 1.54) is 22.0 Å². The Bertz CT molecular complexity index is 468. The van der Waals surface area contributed by atoms with Crippen molar-refractivity contribution in [3.63, 3.8) is 0 Å². The monoisotopic (exact) mass is 272 g/mol. The van der Waals surface area contributed by atoms with Gasteiger partial charge in [0.05, 0.1) is 12.1 Å². The quantitative estimate of drug-likeness (QED) is 0.687. The predicted molar refractivity (Wildman–Crippen MR) is 69.8 cm³/mol. The summed E-state index contributed by atoms with van der Waals surface area (Å²) in [7, 11) is 0. The van der Waals surface area contributed by atoms with E-state index in [1.54, 1.807) is 0 Å². The lowest BCUT2D eigenvalue weighted by Gasteiger charge is -2.18. The average Bonchev–Trinajstić information content (AvgIpc) is 3.11. The van der Waals surface area contributed by atoms with Gasteiger partial charge in [-0.3, -0.25) is 9.59 Å². The topological polar surface area (TPSA) is 88.2 Å². The van der Waals surface area contributed by atoms with Crippen molar-refractivity contribution >= 4 is 11.8 Å². The van der Waals surface area contributed by atoms with Gasteiger partial charge in [-0.15, -0.1) is 0 Å². The Hall–Kier alpha value is -2.34. The van der Waals surface area contributed by atoms with E-state index in [-0.39, 0.29) is 23.9 Å². The molecule has 0 bridgehead atoms. The fourth-order valence-electron chi connectivity index (χ4n) is 2.66. The number of hydrogen-bond acceptors (Lipinski definition) is 4. The molecular formula is C14H16N4O2. The zero-order valence-electron chi connectivity index (χ0n) is 11.2. The van der Waals surface area contributed by atoms with Gasteiger partial charge in [0.1, 0.15) is 12.1 Å². The van der Waals surface area contributed by atoms with Crippen LogP contribution in [0.25, 0.3) is 0 Å². The summed E-state index contributed by atoms with van der Waals surface area (Å²) in [4.78, 5) is 26.8. The first-order valence-electron chi connectivity index (χ1n) is 6.76. The molecule has 2 rings (SSSR count). The Kier molecular flexibility index (Phi) is 4.37. The first-order valence-corrected chi connectivity index (χ1v) is 6.76. The van der Waals surface area contributed by atoms with Crippen molar-refractivity contribution in [1.82, 2.24) is 9.80 Å². The minimum absolute atomic E-state index is 0.310. The van der Waals surface area contributed by atoms with Gasteiger partial charge in [-0.05, 0) is 25.7 Å². The molecule has 6 nitrogen and oxygen atoms in total. The highest BCUT2D eigenvalue weighted by atomic mass is 16.2. The van der Waals surface area contributed by atoms with Crippen molar-refractivity contribution in [1.29, 1.82) is 10.5 Å². The van der Waals surface area contributed by atoms with Crippen LogP contribution in [-0.2, 0) is 9.59 Å². The number of nitriles is 2. The van der Waals surface area contributed by atoms with Gasteiger partial charge in [-0.1, -0.05) is 0 Å². The second-order valence-electron chi connectivity index (χ2n) is 4.97. The van der Waals surface area contributed by atoms with Gasteiger partial charge in [0.25, 0.3) is 0 Å². The molecule has 2 aliphatic heterocycles. The van der Waals surface area contributed by atoms with Crippen molar-refractivity contribution in [3.05, 3.63) is 12.2 Å². The van der Waals surface area contributed by atoms with Crippen LogP contribution in [0.15, 0.2) is 12.2 Å². The number of carbonyl (C=O) groups is 2. The van der Waals surface area contributed by atoms with Gasteiger partial charge in [0.15, 0.2) is 0 Å². The average molecular weight is 272 g/mol. The van der Waals surface area contributed by atoms with Crippen LogP contribution < -0.4 is 0 Å². The Labute approximate surface area is 117 Å². The zero-order valence-corrected chi connectivity index (χ0v) is 11.2. The molecule has 1 unspecified atom stereocenters. The zero-order chi connectivity index (χ0) is 14.5. The van der Waals surface area contributed by atoms with Gasteiger partial charge in [-0.25, -0.2) is 0 Å². The summed E-state index contributed by atoms with van der Waals surface area (Å²) in [5, 5.41) is 17.8. The van der Waals surface area contributed by atoms with Crippen molar-refractivity contribution in [2.75, 3.05) is 13.1 Å². The molecule has 0 aromatic heterocycles. The molecule has 2 aliphatic rings. The van der Waals surface area contributed by atoms with Crippen LogP contribution in [0.3, 0.4) is 0 Å². The highest BCUT2D eigenvalue weighted by molar-refractivity contribution is 5.97. The summed E-state index contributed by atoms with van der Waals surface area (Å²) in [5.74, 6) is -0.620. The van der Waals surface area contributed by atoms with Crippen molar-refractivity contribution in [2.24, 2.45) is 0 Å². The third-order valence-corrected chi connectivity index (χ3v) is 3.74. The Morgan fingerprint density at radius 2 is 1.30 bits per heavy atom. The molecule has 6 heteroatoms. The summed E-state index contributed by atoms with van der Waals surface area (Å²) >= 11 is 0. The number of rotatable bonds is 2. The van der Waals surface area contributed by atoms with Gasteiger partial charge >= 0.3 is 0 Å². The van der Waals surface area contributed by atoms with E-state index in [2.05, 4.69) is 12.1 Å². The van der Waals surface area contributed by atoms with Crippen LogP contribution >= 0.6 is 0 Å². The molecule has 2 atom stereocenters. The molecule has 0 aliphatic carbocycles. The van der Waals surface area contributed by atoms with Gasteiger partial charge in [-0.2, -0.15) is 10.5 Å². The summed E-state index contributed by atoms with van der Waals surface area (Å²) in [6, 6.07) is 3.40. The van der Waals surface area contributed by atoms with Crippen LogP contribution in [0, 0.1) is 22.7 Å². The standard InChI is InChI=1S/C14H16N4O2/c15-9-11-3-1-7-17(11)13(19)5-6-14(20)18-8-2-4-12(18)10-16/h5-6,11-12H,1-4,7-8H2/t11-,12?/m0/s1. The van der Waals surface area contributed by atoms with Crippen LogP contribution in [0.4, 0.5) is 0 Å². The predicted octanol–water partition coefficient (Wildman–Crippen LogP) is 0.572. The molecule has 2 amide bonds. The first-order chi connectivity index (χ1) is 9.67. The fourth-order valence-corrected chi connectivity index (χ4v) is 2.66. The minimum Gasteiger partial charge on any atom is -0.323 e. The van der Waals surface area contributed by atoms with Crippen molar-refractivity contribution in [3.8, 4) is 12.1 Å². The SMILES string of the molecule is N#CC1CCCN1C(=O)C=CC(=O)N1CCC[C@H]1C#N. The maximum absolute atomic E-state index is 11.9. The number of amides is 2. The second kappa shape index (κ2) is 6.21. The number of nitrogens with zero attached hydrogens (tertiary/aromatic N) is 4. The molecule has 2 heterocycles. The molecule has 0 spiro atoms. The Balaban J connectivity index is 1.96. The molecule has 2 saturated heterocycles. The Morgan fingerprint density at radius 3 is 1.65 bits per heavy atom. The lowest BCUT2D eigenvalue weighted by molar-refractivity contribution is -0.128.